The van der Waals surface area contributed by atoms with Crippen molar-refractivity contribution in [3.05, 3.63) is 196 Å². The lowest BCUT2D eigenvalue weighted by molar-refractivity contribution is 0.282. The summed E-state index contributed by atoms with van der Waals surface area (Å²) in [7, 11) is 0. The van der Waals surface area contributed by atoms with E-state index in [0.717, 1.165) is 36.5 Å². The molecule has 292 valence electrons. The van der Waals surface area contributed by atoms with E-state index in [1.165, 1.54) is 76.4 Å². The van der Waals surface area contributed by atoms with Gasteiger partial charge in [-0.2, -0.15) is 0 Å². The Balaban J connectivity index is 1.27. The minimum Gasteiger partial charge on any atom is -0.345 e. The molecule has 0 aromatic heterocycles. The number of fused-ring (bicyclic) bond motifs is 4. The topological polar surface area (TPSA) is 6.48 Å². The number of rotatable bonds is 13. The third kappa shape index (κ3) is 7.60. The SMILES string of the molecule is C=C/C=C\C(=C(C)C)N(C(/C=C\C=C)=C(C)C)c1cccc2c(/C=C/c3ccc4c(c3)C(CC)(CCC)C3C=C(N5CCCC6=C5CCC=C6)C=CC43)cccc12. The molecule has 2 nitrogen and oxygen atoms in total. The van der Waals surface area contributed by atoms with Gasteiger partial charge in [-0.25, -0.2) is 0 Å². The quantitative estimate of drug-likeness (QED) is 0.127. The van der Waals surface area contributed by atoms with Crippen molar-refractivity contribution in [1.29, 1.82) is 0 Å². The van der Waals surface area contributed by atoms with Crippen LogP contribution in [0.3, 0.4) is 0 Å². The molecule has 3 unspecified atom stereocenters. The highest BCUT2D eigenvalue weighted by Gasteiger charge is 2.49. The van der Waals surface area contributed by atoms with Crippen molar-refractivity contribution >= 4 is 28.6 Å². The van der Waals surface area contributed by atoms with Gasteiger partial charge in [0.1, 0.15) is 0 Å². The van der Waals surface area contributed by atoms with Crippen LogP contribution in [0.1, 0.15) is 115 Å². The highest BCUT2D eigenvalue weighted by Crippen LogP contribution is 2.58. The minimum absolute atomic E-state index is 0.122. The number of nitrogens with zero attached hydrogens (tertiary/aromatic N) is 2. The second-order valence-electron chi connectivity index (χ2n) is 16.6. The molecule has 3 aliphatic carbocycles. The highest BCUT2D eigenvalue weighted by molar-refractivity contribution is 6.01. The summed E-state index contributed by atoms with van der Waals surface area (Å²) in [4.78, 5) is 5.06. The highest BCUT2D eigenvalue weighted by atomic mass is 15.2. The van der Waals surface area contributed by atoms with Gasteiger partial charge in [-0.15, -0.1) is 0 Å². The summed E-state index contributed by atoms with van der Waals surface area (Å²) in [6.45, 7) is 22.6. The molecule has 3 aromatic rings. The average molecular weight is 751 g/mol. The van der Waals surface area contributed by atoms with Crippen molar-refractivity contribution in [2.45, 2.75) is 97.8 Å². The second kappa shape index (κ2) is 17.4. The molecule has 0 saturated carbocycles. The van der Waals surface area contributed by atoms with E-state index >= 15 is 0 Å². The van der Waals surface area contributed by atoms with Crippen LogP contribution < -0.4 is 4.90 Å². The van der Waals surface area contributed by atoms with Crippen LogP contribution >= 0.6 is 0 Å². The van der Waals surface area contributed by atoms with Crippen molar-refractivity contribution in [2.24, 2.45) is 5.92 Å². The zero-order valence-electron chi connectivity index (χ0n) is 35.3. The fourth-order valence-corrected chi connectivity index (χ4v) is 10.1. The molecule has 3 aromatic carbocycles. The van der Waals surface area contributed by atoms with Crippen LogP contribution in [-0.2, 0) is 5.41 Å². The van der Waals surface area contributed by atoms with E-state index in [4.69, 9.17) is 0 Å². The van der Waals surface area contributed by atoms with E-state index in [1.807, 2.05) is 24.3 Å². The van der Waals surface area contributed by atoms with Crippen LogP contribution in [0.5, 0.6) is 0 Å². The molecular formula is C55H62N2. The summed E-state index contributed by atoms with van der Waals surface area (Å²) in [6.07, 6.45) is 37.5. The monoisotopic (exact) mass is 750 g/mol. The summed E-state index contributed by atoms with van der Waals surface area (Å²) in [5.41, 5.74) is 16.1. The van der Waals surface area contributed by atoms with Gasteiger partial charge in [0.05, 0.1) is 5.69 Å². The molecule has 0 amide bonds. The number of benzene rings is 3. The van der Waals surface area contributed by atoms with Crippen molar-refractivity contribution in [1.82, 2.24) is 4.90 Å². The van der Waals surface area contributed by atoms with Gasteiger partial charge in [0.25, 0.3) is 0 Å². The number of hydrogen-bond acceptors (Lipinski definition) is 2. The van der Waals surface area contributed by atoms with Gasteiger partial charge in [0.15, 0.2) is 0 Å². The Labute approximate surface area is 343 Å². The van der Waals surface area contributed by atoms with Gasteiger partial charge >= 0.3 is 0 Å². The van der Waals surface area contributed by atoms with E-state index in [-0.39, 0.29) is 5.41 Å². The lowest BCUT2D eigenvalue weighted by Gasteiger charge is -2.41. The van der Waals surface area contributed by atoms with Crippen LogP contribution in [0.2, 0.25) is 0 Å². The Bertz CT molecular complexity index is 2280. The molecule has 4 aliphatic rings. The van der Waals surface area contributed by atoms with Crippen LogP contribution in [0.4, 0.5) is 5.69 Å². The fraction of sp³-hybridized carbons (Fsp3) is 0.309. The van der Waals surface area contributed by atoms with Crippen LogP contribution in [0.25, 0.3) is 22.9 Å². The Kier molecular flexibility index (Phi) is 12.2. The molecule has 57 heavy (non-hydrogen) atoms. The minimum atomic E-state index is 0.122. The van der Waals surface area contributed by atoms with Crippen LogP contribution in [-0.4, -0.2) is 11.4 Å². The first-order chi connectivity index (χ1) is 27.8. The molecule has 3 atom stereocenters. The predicted molar refractivity (Wildman–Crippen MR) is 249 cm³/mol. The first-order valence-corrected chi connectivity index (χ1v) is 21.4. The lowest BCUT2D eigenvalue weighted by Crippen LogP contribution is -2.35. The van der Waals surface area contributed by atoms with Crippen molar-refractivity contribution in [3.8, 4) is 0 Å². The van der Waals surface area contributed by atoms with Gasteiger partial charge in [0, 0.05) is 46.1 Å². The largest absolute Gasteiger partial charge is 0.345 e. The fourth-order valence-electron chi connectivity index (χ4n) is 10.1. The van der Waals surface area contributed by atoms with E-state index < -0.39 is 0 Å². The summed E-state index contributed by atoms with van der Waals surface area (Å²) >= 11 is 0. The Morgan fingerprint density at radius 1 is 0.860 bits per heavy atom. The maximum absolute atomic E-state index is 3.97. The number of anilines is 1. The molecule has 0 spiro atoms. The molecule has 7 rings (SSSR count). The maximum Gasteiger partial charge on any atom is 0.0540 e. The molecule has 1 aliphatic heterocycles. The molecule has 0 fully saturated rings. The van der Waals surface area contributed by atoms with Gasteiger partial charge in [-0.05, 0) is 130 Å². The Morgan fingerprint density at radius 2 is 1.60 bits per heavy atom. The van der Waals surface area contributed by atoms with Crippen molar-refractivity contribution < 1.29 is 0 Å². The van der Waals surface area contributed by atoms with E-state index in [2.05, 4.69) is 174 Å². The van der Waals surface area contributed by atoms with Crippen molar-refractivity contribution in [2.75, 3.05) is 11.4 Å². The second-order valence-corrected chi connectivity index (χ2v) is 16.6. The summed E-state index contributed by atoms with van der Waals surface area (Å²) in [5.74, 6) is 0.900. The molecule has 0 N–H and O–H groups in total. The first kappa shape index (κ1) is 39.9. The lowest BCUT2D eigenvalue weighted by atomic mass is 9.66. The average Bonchev–Trinajstić information content (AvgIpc) is 3.50. The Morgan fingerprint density at radius 3 is 2.30 bits per heavy atom. The standard InChI is InChI=1S/C55H62N2/c1-9-13-25-51(39(5)6)57(52(40(7)8)26-14-10-2)54-28-18-23-45-42(21-17-24-48(45)54)31-29-41-30-33-46-47-34-32-44(56-36-19-22-43-20-15-16-27-53(43)56)38-50(47)55(12-4,35-11-3)49(46)37-41/h9-10,13-15,17-18,20-21,23-26,28-34,37-38,47,50H,1-2,11-12,16,19,22,27,35-36H2,3-8H3/b25-13-,26-14-,31-29+. The number of allylic oxidation sites excluding steroid dienone is 15. The van der Waals surface area contributed by atoms with Crippen LogP contribution in [0.15, 0.2) is 174 Å². The van der Waals surface area contributed by atoms with Gasteiger partial charge < -0.3 is 9.80 Å². The summed E-state index contributed by atoms with van der Waals surface area (Å²) in [6, 6.07) is 20.7. The normalized spacial score (nSPS) is 21.2. The molecule has 0 saturated heterocycles. The van der Waals surface area contributed by atoms with Gasteiger partial charge in [-0.3, -0.25) is 0 Å². The van der Waals surface area contributed by atoms with Crippen molar-refractivity contribution in [3.63, 3.8) is 0 Å². The molecule has 0 bridgehead atoms. The zero-order chi connectivity index (χ0) is 40.1. The van der Waals surface area contributed by atoms with E-state index in [0.29, 0.717) is 11.8 Å². The van der Waals surface area contributed by atoms with Gasteiger partial charge in [0.2, 0.25) is 0 Å². The van der Waals surface area contributed by atoms with Crippen LogP contribution in [0, 0.1) is 5.92 Å². The maximum atomic E-state index is 3.97. The smallest absolute Gasteiger partial charge is 0.0540 e. The van der Waals surface area contributed by atoms with Gasteiger partial charge in [-0.1, -0.05) is 154 Å². The number of hydrogen-bond donors (Lipinski definition) is 0. The summed E-state index contributed by atoms with van der Waals surface area (Å²) < 4.78 is 0. The zero-order valence-corrected chi connectivity index (χ0v) is 35.3. The Hall–Kier alpha value is -5.34. The van der Waals surface area contributed by atoms with E-state index in [1.54, 1.807) is 16.8 Å². The predicted octanol–water partition coefficient (Wildman–Crippen LogP) is 15.2. The third-order valence-corrected chi connectivity index (χ3v) is 12.8. The van der Waals surface area contributed by atoms with E-state index in [9.17, 15) is 0 Å². The first-order valence-electron chi connectivity index (χ1n) is 21.4. The summed E-state index contributed by atoms with van der Waals surface area (Å²) in [5, 5.41) is 2.43. The third-order valence-electron chi connectivity index (χ3n) is 12.8. The molecule has 0 radical (unpaired) electrons. The molecule has 2 heteroatoms. The molecular weight excluding hydrogens is 689 g/mol. The molecule has 1 heterocycles.